The molecule has 2 aromatic rings. The van der Waals surface area contributed by atoms with Crippen LogP contribution in [-0.2, 0) is 14.4 Å². The number of aliphatic carboxylic acids is 1. The van der Waals surface area contributed by atoms with E-state index in [0.717, 1.165) is 5.69 Å². The first-order chi connectivity index (χ1) is 17.1. The number of carbonyl (C=O) groups excluding carboxylic acids is 2. The van der Waals surface area contributed by atoms with Gasteiger partial charge in [-0.05, 0) is 19.1 Å². The fourth-order valence-corrected chi connectivity index (χ4v) is 3.81. The lowest BCUT2D eigenvalue weighted by atomic mass is 10.1. The summed E-state index contributed by atoms with van der Waals surface area (Å²) in [7, 11) is 0. The Morgan fingerprint density at radius 2 is 1.58 bits per heavy atom. The van der Waals surface area contributed by atoms with Crippen LogP contribution in [0.25, 0.3) is 0 Å². The monoisotopic (exact) mass is 511 g/mol. The summed E-state index contributed by atoms with van der Waals surface area (Å²) in [6, 6.07) is 7.40. The number of hydrogen-bond donors (Lipinski definition) is 2. The van der Waals surface area contributed by atoms with E-state index in [9.17, 15) is 31.9 Å². The number of carbonyl (C=O) groups is 3. The zero-order chi connectivity index (χ0) is 26.4. The van der Waals surface area contributed by atoms with Crippen molar-refractivity contribution in [2.24, 2.45) is 0 Å². The lowest BCUT2D eigenvalue weighted by Gasteiger charge is -2.38. The molecule has 1 aliphatic rings. The Labute approximate surface area is 204 Å². The molecule has 0 bridgehead atoms. The standard InChI is InChI=1S/C24H25F4N3O5/c1-14(30-7-9-31(10-8-30)15-5-3-2-4-6-15)24(35)29-18(12-20(33)34)19(32)13-36-23-21(27)16(25)11-17(26)22(23)28/h2-6,11,14,18H,7-10,12-13H2,1H3,(H,29,35)(H,33,34)/t14-,18-/m0/s1. The number of Topliss-reactive ketones (excluding diaryl/α,β-unsaturated/α-hetero) is 1. The number of nitrogens with zero attached hydrogens (tertiary/aromatic N) is 2. The van der Waals surface area contributed by atoms with E-state index in [4.69, 9.17) is 5.11 Å². The molecule has 1 aliphatic heterocycles. The summed E-state index contributed by atoms with van der Waals surface area (Å²) < 4.78 is 58.9. The molecule has 2 atom stereocenters. The van der Waals surface area contributed by atoms with Crippen molar-refractivity contribution in [2.45, 2.75) is 25.4 Å². The largest absolute Gasteiger partial charge is 0.481 e. The van der Waals surface area contributed by atoms with E-state index in [0.29, 0.717) is 26.2 Å². The molecule has 2 N–H and O–H groups in total. The average molecular weight is 511 g/mol. The number of ketones is 1. The number of halogens is 4. The van der Waals surface area contributed by atoms with Gasteiger partial charge >= 0.3 is 5.97 Å². The minimum absolute atomic E-state index is 0.0200. The lowest BCUT2D eigenvalue weighted by molar-refractivity contribution is -0.141. The van der Waals surface area contributed by atoms with Gasteiger partial charge in [0, 0.05) is 37.9 Å². The number of hydrogen-bond acceptors (Lipinski definition) is 6. The van der Waals surface area contributed by atoms with Crippen LogP contribution >= 0.6 is 0 Å². The number of rotatable bonds is 10. The molecule has 1 heterocycles. The third-order valence-corrected chi connectivity index (χ3v) is 5.88. The Morgan fingerprint density at radius 1 is 1.00 bits per heavy atom. The summed E-state index contributed by atoms with van der Waals surface area (Å²) in [5.41, 5.74) is 1.05. The molecule has 36 heavy (non-hydrogen) atoms. The zero-order valence-electron chi connectivity index (χ0n) is 19.3. The van der Waals surface area contributed by atoms with Crippen molar-refractivity contribution >= 4 is 23.3 Å². The van der Waals surface area contributed by atoms with Crippen LogP contribution in [-0.4, -0.2) is 72.5 Å². The highest BCUT2D eigenvalue weighted by Gasteiger charge is 2.31. The van der Waals surface area contributed by atoms with Gasteiger partial charge in [-0.1, -0.05) is 18.2 Å². The molecule has 2 aromatic carbocycles. The minimum atomic E-state index is -1.84. The van der Waals surface area contributed by atoms with Crippen LogP contribution in [0.1, 0.15) is 13.3 Å². The Kier molecular flexibility index (Phi) is 8.86. The van der Waals surface area contributed by atoms with Gasteiger partial charge < -0.3 is 20.1 Å². The molecule has 8 nitrogen and oxygen atoms in total. The quantitative estimate of drug-likeness (QED) is 0.373. The highest BCUT2D eigenvalue weighted by Crippen LogP contribution is 2.26. The summed E-state index contributed by atoms with van der Waals surface area (Å²) in [4.78, 5) is 40.6. The topological polar surface area (TPSA) is 99.2 Å². The number of nitrogens with one attached hydrogen (secondary N) is 1. The molecular weight excluding hydrogens is 486 g/mol. The van der Waals surface area contributed by atoms with Gasteiger partial charge in [0.15, 0.2) is 23.2 Å². The maximum Gasteiger partial charge on any atom is 0.305 e. The van der Waals surface area contributed by atoms with Gasteiger partial charge in [0.1, 0.15) is 12.6 Å². The molecule has 0 aromatic heterocycles. The third kappa shape index (κ3) is 6.51. The Balaban J connectivity index is 1.60. The number of carboxylic acid groups (broad SMARTS) is 1. The third-order valence-electron chi connectivity index (χ3n) is 5.88. The van der Waals surface area contributed by atoms with Gasteiger partial charge in [-0.3, -0.25) is 19.3 Å². The summed E-state index contributed by atoms with van der Waals surface area (Å²) in [5, 5.41) is 11.5. The van der Waals surface area contributed by atoms with E-state index in [-0.39, 0.29) is 6.07 Å². The molecular formula is C24H25F4N3O5. The van der Waals surface area contributed by atoms with Gasteiger partial charge in [0.2, 0.25) is 17.5 Å². The second-order valence-corrected chi connectivity index (χ2v) is 8.25. The molecule has 0 aliphatic carbocycles. The second kappa shape index (κ2) is 11.8. The SMILES string of the molecule is C[C@@H](C(=O)N[C@@H](CC(=O)O)C(=O)COc1c(F)c(F)cc(F)c1F)N1CCN(c2ccccc2)CC1. The Bertz CT molecular complexity index is 1080. The van der Waals surface area contributed by atoms with E-state index in [1.165, 1.54) is 0 Å². The molecule has 0 radical (unpaired) electrons. The first kappa shape index (κ1) is 26.9. The van der Waals surface area contributed by atoms with Gasteiger partial charge in [0.05, 0.1) is 12.5 Å². The first-order valence-electron chi connectivity index (χ1n) is 11.1. The zero-order valence-corrected chi connectivity index (χ0v) is 19.3. The number of para-hydroxylation sites is 1. The Hall–Kier alpha value is -3.67. The number of benzene rings is 2. The molecule has 0 saturated carbocycles. The second-order valence-electron chi connectivity index (χ2n) is 8.25. The lowest BCUT2D eigenvalue weighted by Crippen LogP contribution is -2.56. The van der Waals surface area contributed by atoms with Crippen molar-refractivity contribution in [3.63, 3.8) is 0 Å². The summed E-state index contributed by atoms with van der Waals surface area (Å²) in [6.07, 6.45) is -0.828. The van der Waals surface area contributed by atoms with Gasteiger partial charge in [-0.2, -0.15) is 8.78 Å². The fraction of sp³-hybridized carbons (Fsp3) is 0.375. The molecule has 1 fully saturated rings. The molecule has 0 unspecified atom stereocenters. The smallest absolute Gasteiger partial charge is 0.305 e. The minimum Gasteiger partial charge on any atom is -0.481 e. The summed E-state index contributed by atoms with van der Waals surface area (Å²) in [5.74, 6) is -11.7. The van der Waals surface area contributed by atoms with Crippen LogP contribution in [0.2, 0.25) is 0 Å². The molecule has 12 heteroatoms. The number of anilines is 1. The van der Waals surface area contributed by atoms with Crippen LogP contribution in [0.4, 0.5) is 23.2 Å². The van der Waals surface area contributed by atoms with Crippen LogP contribution in [0.5, 0.6) is 5.75 Å². The fourth-order valence-electron chi connectivity index (χ4n) is 3.81. The van der Waals surface area contributed by atoms with Crippen LogP contribution < -0.4 is 15.0 Å². The number of amides is 1. The van der Waals surface area contributed by atoms with Crippen molar-refractivity contribution in [1.82, 2.24) is 10.2 Å². The summed E-state index contributed by atoms with van der Waals surface area (Å²) in [6.45, 7) is 2.84. The Morgan fingerprint density at radius 3 is 2.14 bits per heavy atom. The van der Waals surface area contributed by atoms with Crippen molar-refractivity contribution in [2.75, 3.05) is 37.7 Å². The van der Waals surface area contributed by atoms with Crippen LogP contribution in [0.15, 0.2) is 36.4 Å². The number of piperazine rings is 1. The predicted octanol–water partition coefficient (Wildman–Crippen LogP) is 2.36. The van der Waals surface area contributed by atoms with Gasteiger partial charge in [-0.25, -0.2) is 8.78 Å². The van der Waals surface area contributed by atoms with Crippen molar-refractivity contribution in [3.8, 4) is 5.75 Å². The van der Waals surface area contributed by atoms with Crippen molar-refractivity contribution in [3.05, 3.63) is 59.7 Å². The normalized spacial score (nSPS) is 15.8. The van der Waals surface area contributed by atoms with Crippen LogP contribution in [0, 0.1) is 23.3 Å². The van der Waals surface area contributed by atoms with Gasteiger partial charge in [-0.15, -0.1) is 0 Å². The molecule has 194 valence electrons. The molecule has 1 amide bonds. The van der Waals surface area contributed by atoms with Crippen LogP contribution in [0.3, 0.4) is 0 Å². The predicted molar refractivity (Wildman–Crippen MR) is 121 cm³/mol. The number of carboxylic acids is 1. The maximum atomic E-state index is 13.8. The number of ether oxygens (including phenoxy) is 1. The van der Waals surface area contributed by atoms with E-state index in [1.807, 2.05) is 35.2 Å². The van der Waals surface area contributed by atoms with E-state index in [2.05, 4.69) is 15.0 Å². The van der Waals surface area contributed by atoms with E-state index < -0.39 is 71.8 Å². The van der Waals surface area contributed by atoms with Crippen molar-refractivity contribution in [1.29, 1.82) is 0 Å². The average Bonchev–Trinajstić information content (AvgIpc) is 2.86. The molecule has 0 spiro atoms. The van der Waals surface area contributed by atoms with E-state index >= 15 is 0 Å². The van der Waals surface area contributed by atoms with E-state index in [1.54, 1.807) is 6.92 Å². The first-order valence-corrected chi connectivity index (χ1v) is 11.1. The van der Waals surface area contributed by atoms with Crippen molar-refractivity contribution < 1.29 is 41.8 Å². The highest BCUT2D eigenvalue weighted by molar-refractivity contribution is 5.94. The maximum absolute atomic E-state index is 13.8. The molecule has 1 saturated heterocycles. The highest BCUT2D eigenvalue weighted by atomic mass is 19.2. The summed E-state index contributed by atoms with van der Waals surface area (Å²) >= 11 is 0. The molecule has 3 rings (SSSR count). The van der Waals surface area contributed by atoms with Gasteiger partial charge in [0.25, 0.3) is 0 Å².